The second-order valence-electron chi connectivity index (χ2n) is 5.20. The number of amides is 2. The summed E-state index contributed by atoms with van der Waals surface area (Å²) in [6.45, 7) is 5.17. The quantitative estimate of drug-likeness (QED) is 0.825. The first-order chi connectivity index (χ1) is 10.3. The van der Waals surface area contributed by atoms with E-state index in [0.29, 0.717) is 26.9 Å². The van der Waals surface area contributed by atoms with E-state index in [-0.39, 0.29) is 6.10 Å². The van der Waals surface area contributed by atoms with E-state index >= 15 is 0 Å². The van der Waals surface area contributed by atoms with Crippen molar-refractivity contribution in [3.05, 3.63) is 45.1 Å². The van der Waals surface area contributed by atoms with Gasteiger partial charge >= 0.3 is 12.0 Å². The Morgan fingerprint density at radius 1 is 1.27 bits per heavy atom. The van der Waals surface area contributed by atoms with Crippen LogP contribution < -0.4 is 10.6 Å². The molecule has 1 aromatic carbocycles. The van der Waals surface area contributed by atoms with E-state index in [0.717, 1.165) is 0 Å². The van der Waals surface area contributed by atoms with E-state index in [1.165, 1.54) is 0 Å². The Balaban J connectivity index is 2.45. The molecule has 1 aromatic rings. The Hall–Kier alpha value is -1.72. The molecule has 0 aliphatic carbocycles. The van der Waals surface area contributed by atoms with Crippen LogP contribution in [0.3, 0.4) is 0 Å². The maximum absolute atomic E-state index is 12.3. The minimum Gasteiger partial charge on any atom is -0.459 e. The largest absolute Gasteiger partial charge is 0.459 e. The number of halogens is 2. The summed E-state index contributed by atoms with van der Waals surface area (Å²) in [6, 6.07) is 3.91. The molecular formula is C15H16Cl2N2O3. The normalized spacial score (nSPS) is 18.1. The van der Waals surface area contributed by atoms with Gasteiger partial charge < -0.3 is 15.4 Å². The predicted molar refractivity (Wildman–Crippen MR) is 84.8 cm³/mol. The second-order valence-corrected chi connectivity index (χ2v) is 6.01. The van der Waals surface area contributed by atoms with E-state index in [1.807, 2.05) is 0 Å². The van der Waals surface area contributed by atoms with Crippen LogP contribution in [0.2, 0.25) is 10.0 Å². The van der Waals surface area contributed by atoms with Crippen molar-refractivity contribution in [2.75, 3.05) is 0 Å². The third kappa shape index (κ3) is 3.54. The van der Waals surface area contributed by atoms with Gasteiger partial charge in [-0.1, -0.05) is 29.3 Å². The van der Waals surface area contributed by atoms with Gasteiger partial charge in [0.15, 0.2) is 0 Å². The number of carbonyl (C=O) groups excluding carboxylic acids is 2. The number of esters is 1. The molecule has 2 amide bonds. The van der Waals surface area contributed by atoms with Gasteiger partial charge in [-0.25, -0.2) is 9.59 Å². The minimum atomic E-state index is -0.644. The highest BCUT2D eigenvalue weighted by Gasteiger charge is 2.32. The zero-order valence-electron chi connectivity index (χ0n) is 12.4. The van der Waals surface area contributed by atoms with Crippen molar-refractivity contribution in [2.45, 2.75) is 32.9 Å². The Kier molecular flexibility index (Phi) is 4.98. The molecule has 0 aromatic heterocycles. The third-order valence-electron chi connectivity index (χ3n) is 3.11. The zero-order valence-corrected chi connectivity index (χ0v) is 13.9. The first-order valence-corrected chi connectivity index (χ1v) is 7.49. The second kappa shape index (κ2) is 6.58. The minimum absolute atomic E-state index is 0.264. The smallest absolute Gasteiger partial charge is 0.338 e. The zero-order chi connectivity index (χ0) is 16.4. The standard InChI is InChI=1S/C15H16Cl2N2O3/c1-7(2)22-14(20)12-8(3)18-15(21)19-13(12)9-4-5-10(16)11(17)6-9/h4-7,13H,1-3H3,(H2,18,19,21)/t13-/m0/s1. The maximum Gasteiger partial charge on any atom is 0.338 e. The Morgan fingerprint density at radius 2 is 1.95 bits per heavy atom. The van der Waals surface area contributed by atoms with Crippen LogP contribution in [-0.4, -0.2) is 18.1 Å². The Bertz CT molecular complexity index is 656. The van der Waals surface area contributed by atoms with Crippen molar-refractivity contribution >= 4 is 35.2 Å². The molecule has 0 saturated heterocycles. The van der Waals surface area contributed by atoms with Gasteiger partial charge in [0.1, 0.15) is 0 Å². The number of carbonyl (C=O) groups is 2. The number of rotatable bonds is 3. The maximum atomic E-state index is 12.3. The molecule has 118 valence electrons. The number of benzene rings is 1. The molecule has 2 rings (SSSR count). The summed E-state index contributed by atoms with van der Waals surface area (Å²) < 4.78 is 5.25. The first-order valence-electron chi connectivity index (χ1n) is 6.73. The summed E-state index contributed by atoms with van der Waals surface area (Å²) in [6.07, 6.45) is -0.264. The van der Waals surface area contributed by atoms with Crippen LogP contribution in [0, 0.1) is 0 Å². The average molecular weight is 343 g/mol. The molecule has 0 spiro atoms. The number of ether oxygens (including phenoxy) is 1. The van der Waals surface area contributed by atoms with Crippen molar-refractivity contribution in [3.8, 4) is 0 Å². The summed E-state index contributed by atoms with van der Waals surface area (Å²) in [5.74, 6) is -0.490. The molecule has 1 heterocycles. The van der Waals surface area contributed by atoms with Crippen LogP contribution in [0.25, 0.3) is 0 Å². The number of nitrogens with one attached hydrogen (secondary N) is 2. The summed E-state index contributed by atoms with van der Waals surface area (Å²) in [7, 11) is 0. The van der Waals surface area contributed by atoms with E-state index in [2.05, 4.69) is 10.6 Å². The van der Waals surface area contributed by atoms with Gasteiger partial charge in [0.2, 0.25) is 0 Å². The van der Waals surface area contributed by atoms with Gasteiger partial charge in [-0.3, -0.25) is 0 Å². The van der Waals surface area contributed by atoms with Crippen molar-refractivity contribution in [2.24, 2.45) is 0 Å². The molecule has 0 bridgehead atoms. The molecule has 0 saturated carbocycles. The molecule has 0 radical (unpaired) electrons. The van der Waals surface area contributed by atoms with Gasteiger partial charge in [0.05, 0.1) is 27.8 Å². The Labute approximate surface area is 138 Å². The molecule has 0 unspecified atom stereocenters. The monoisotopic (exact) mass is 342 g/mol. The summed E-state index contributed by atoms with van der Waals surface area (Å²) in [5, 5.41) is 6.03. The highest BCUT2D eigenvalue weighted by Crippen LogP contribution is 2.31. The van der Waals surface area contributed by atoms with Crippen molar-refractivity contribution < 1.29 is 14.3 Å². The van der Waals surface area contributed by atoms with Crippen LogP contribution in [-0.2, 0) is 9.53 Å². The number of urea groups is 1. The average Bonchev–Trinajstić information content (AvgIpc) is 2.39. The van der Waals surface area contributed by atoms with E-state index < -0.39 is 18.0 Å². The summed E-state index contributed by atoms with van der Waals surface area (Å²) >= 11 is 11.9. The van der Waals surface area contributed by atoms with Crippen LogP contribution in [0.1, 0.15) is 32.4 Å². The van der Waals surface area contributed by atoms with E-state index in [9.17, 15) is 9.59 Å². The fourth-order valence-corrected chi connectivity index (χ4v) is 2.49. The van der Waals surface area contributed by atoms with Crippen molar-refractivity contribution in [1.29, 1.82) is 0 Å². The fraction of sp³-hybridized carbons (Fsp3) is 0.333. The number of hydrogen-bond donors (Lipinski definition) is 2. The predicted octanol–water partition coefficient (Wildman–Crippen LogP) is 3.57. The van der Waals surface area contributed by atoms with Gasteiger partial charge in [0.25, 0.3) is 0 Å². The van der Waals surface area contributed by atoms with Crippen LogP contribution >= 0.6 is 23.2 Å². The van der Waals surface area contributed by atoms with Gasteiger partial charge in [-0.15, -0.1) is 0 Å². The van der Waals surface area contributed by atoms with Crippen LogP contribution in [0.5, 0.6) is 0 Å². The summed E-state index contributed by atoms with van der Waals surface area (Å²) in [5.41, 5.74) is 1.44. The van der Waals surface area contributed by atoms with E-state index in [1.54, 1.807) is 39.0 Å². The van der Waals surface area contributed by atoms with Crippen LogP contribution in [0.4, 0.5) is 4.79 Å². The highest BCUT2D eigenvalue weighted by atomic mass is 35.5. The molecule has 1 atom stereocenters. The van der Waals surface area contributed by atoms with Crippen molar-refractivity contribution in [3.63, 3.8) is 0 Å². The molecule has 0 fully saturated rings. The highest BCUT2D eigenvalue weighted by molar-refractivity contribution is 6.42. The first kappa shape index (κ1) is 16.6. The van der Waals surface area contributed by atoms with Crippen LogP contribution in [0.15, 0.2) is 29.5 Å². The third-order valence-corrected chi connectivity index (χ3v) is 3.85. The molecule has 5 nitrogen and oxygen atoms in total. The fourth-order valence-electron chi connectivity index (χ4n) is 2.18. The lowest BCUT2D eigenvalue weighted by molar-refractivity contribution is -0.143. The molecular weight excluding hydrogens is 327 g/mol. The van der Waals surface area contributed by atoms with Gasteiger partial charge in [-0.05, 0) is 38.5 Å². The lowest BCUT2D eigenvalue weighted by Gasteiger charge is -2.28. The lowest BCUT2D eigenvalue weighted by Crippen LogP contribution is -2.45. The van der Waals surface area contributed by atoms with Crippen molar-refractivity contribution in [1.82, 2.24) is 10.6 Å². The lowest BCUT2D eigenvalue weighted by atomic mass is 9.95. The SMILES string of the molecule is CC1=C(C(=O)OC(C)C)[C@H](c2ccc(Cl)c(Cl)c2)NC(=O)N1. The Morgan fingerprint density at radius 3 is 2.55 bits per heavy atom. The molecule has 22 heavy (non-hydrogen) atoms. The van der Waals surface area contributed by atoms with E-state index in [4.69, 9.17) is 27.9 Å². The molecule has 2 N–H and O–H groups in total. The molecule has 7 heteroatoms. The number of hydrogen-bond acceptors (Lipinski definition) is 3. The van der Waals surface area contributed by atoms with Gasteiger partial charge in [-0.2, -0.15) is 0 Å². The summed E-state index contributed by atoms with van der Waals surface area (Å²) in [4.78, 5) is 24.1. The molecule has 1 aliphatic rings. The number of allylic oxidation sites excluding steroid dienone is 1. The topological polar surface area (TPSA) is 67.4 Å². The van der Waals surface area contributed by atoms with Gasteiger partial charge in [0, 0.05) is 5.70 Å². The molecule has 1 aliphatic heterocycles.